The number of anilines is 1. The Morgan fingerprint density at radius 2 is 1.91 bits per heavy atom. The molecule has 118 valence electrons. The third kappa shape index (κ3) is 5.92. The largest absolute Gasteiger partial charge is 0.469 e. The Bertz CT molecular complexity index is 567. The van der Waals surface area contributed by atoms with Gasteiger partial charge in [-0.3, -0.25) is 9.59 Å². The number of para-hydroxylation sites is 1. The van der Waals surface area contributed by atoms with Crippen LogP contribution in [0, 0.1) is 17.1 Å². The summed E-state index contributed by atoms with van der Waals surface area (Å²) in [5.41, 5.74) is 0.0344. The summed E-state index contributed by atoms with van der Waals surface area (Å²) in [5, 5.41) is 11.3. The molecule has 0 unspecified atom stereocenters. The van der Waals surface area contributed by atoms with Gasteiger partial charge < -0.3 is 10.1 Å². The maximum atomic E-state index is 13.6. The van der Waals surface area contributed by atoms with Crippen molar-refractivity contribution in [2.45, 2.75) is 38.5 Å². The first-order chi connectivity index (χ1) is 10.6. The number of hydrogen-bond donors (Lipinski definition) is 1. The van der Waals surface area contributed by atoms with Crippen molar-refractivity contribution < 1.29 is 18.7 Å². The molecule has 1 amide bonds. The number of nitriles is 1. The molecule has 1 N–H and O–H groups in total. The minimum absolute atomic E-state index is 0.0688. The minimum atomic E-state index is -0.620. The van der Waals surface area contributed by atoms with Gasteiger partial charge in [0.05, 0.1) is 18.4 Å². The van der Waals surface area contributed by atoms with Gasteiger partial charge in [-0.05, 0) is 25.0 Å². The monoisotopic (exact) mass is 306 g/mol. The van der Waals surface area contributed by atoms with E-state index in [2.05, 4.69) is 10.1 Å². The van der Waals surface area contributed by atoms with Gasteiger partial charge in [0.25, 0.3) is 0 Å². The summed E-state index contributed by atoms with van der Waals surface area (Å²) in [5.74, 6) is -1.18. The molecule has 0 spiro atoms. The fourth-order valence-corrected chi connectivity index (χ4v) is 1.96. The van der Waals surface area contributed by atoms with Crippen LogP contribution in [0.1, 0.15) is 44.1 Å². The van der Waals surface area contributed by atoms with E-state index in [9.17, 15) is 14.0 Å². The number of amides is 1. The zero-order valence-corrected chi connectivity index (χ0v) is 12.5. The molecule has 0 saturated heterocycles. The molecule has 1 aromatic carbocycles. The molecule has 0 heterocycles. The van der Waals surface area contributed by atoms with Gasteiger partial charge in [0.15, 0.2) is 0 Å². The van der Waals surface area contributed by atoms with Crippen LogP contribution in [-0.4, -0.2) is 19.0 Å². The summed E-state index contributed by atoms with van der Waals surface area (Å²) in [4.78, 5) is 22.7. The molecule has 0 radical (unpaired) electrons. The maximum absolute atomic E-state index is 13.6. The molecule has 6 heteroatoms. The van der Waals surface area contributed by atoms with Crippen LogP contribution < -0.4 is 5.32 Å². The average Bonchev–Trinajstić information content (AvgIpc) is 2.52. The highest BCUT2D eigenvalue weighted by atomic mass is 19.1. The molecule has 0 aliphatic rings. The van der Waals surface area contributed by atoms with Crippen molar-refractivity contribution in [3.63, 3.8) is 0 Å². The fourth-order valence-electron chi connectivity index (χ4n) is 1.96. The SMILES string of the molecule is COC(=O)CCCCCCC(=O)Nc1c(F)cccc1C#N. The number of ether oxygens (including phenoxy) is 1. The molecule has 1 rings (SSSR count). The summed E-state index contributed by atoms with van der Waals surface area (Å²) in [6.07, 6.45) is 3.61. The normalized spacial score (nSPS) is 9.86. The highest BCUT2D eigenvalue weighted by molar-refractivity contribution is 5.92. The van der Waals surface area contributed by atoms with Crippen molar-refractivity contribution in [2.24, 2.45) is 0 Å². The molecule has 0 aromatic heterocycles. The number of carbonyl (C=O) groups is 2. The molecule has 0 atom stereocenters. The molecule has 0 aliphatic carbocycles. The molecule has 0 fully saturated rings. The Labute approximate surface area is 129 Å². The zero-order chi connectivity index (χ0) is 16.4. The highest BCUT2D eigenvalue weighted by Crippen LogP contribution is 2.19. The molecule has 0 bridgehead atoms. The number of halogens is 1. The third-order valence-corrected chi connectivity index (χ3v) is 3.16. The lowest BCUT2D eigenvalue weighted by molar-refractivity contribution is -0.140. The van der Waals surface area contributed by atoms with Gasteiger partial charge in [-0.15, -0.1) is 0 Å². The predicted octanol–water partition coefficient (Wildman–Crippen LogP) is 3.15. The molecule has 0 aliphatic heterocycles. The highest BCUT2D eigenvalue weighted by Gasteiger charge is 2.11. The van der Waals surface area contributed by atoms with E-state index in [1.807, 2.05) is 6.07 Å². The fraction of sp³-hybridized carbons (Fsp3) is 0.438. The summed E-state index contributed by atoms with van der Waals surface area (Å²) >= 11 is 0. The molecule has 22 heavy (non-hydrogen) atoms. The van der Waals surface area contributed by atoms with E-state index in [1.165, 1.54) is 25.3 Å². The predicted molar refractivity (Wildman–Crippen MR) is 79.5 cm³/mol. The van der Waals surface area contributed by atoms with E-state index in [-0.39, 0.29) is 29.5 Å². The Hall–Kier alpha value is -2.42. The van der Waals surface area contributed by atoms with Gasteiger partial charge in [0.2, 0.25) is 5.91 Å². The lowest BCUT2D eigenvalue weighted by Crippen LogP contribution is -2.13. The van der Waals surface area contributed by atoms with Crippen molar-refractivity contribution in [3.05, 3.63) is 29.6 Å². The summed E-state index contributed by atoms with van der Waals surface area (Å²) in [6, 6.07) is 5.91. The summed E-state index contributed by atoms with van der Waals surface area (Å²) in [7, 11) is 1.35. The number of nitrogens with zero attached hydrogens (tertiary/aromatic N) is 1. The topological polar surface area (TPSA) is 79.2 Å². The van der Waals surface area contributed by atoms with Gasteiger partial charge in [-0.2, -0.15) is 5.26 Å². The van der Waals surface area contributed by atoms with Crippen LogP contribution in [0.4, 0.5) is 10.1 Å². The van der Waals surface area contributed by atoms with Crippen LogP contribution in [0.25, 0.3) is 0 Å². The number of benzene rings is 1. The van der Waals surface area contributed by atoms with Crippen LogP contribution in [-0.2, 0) is 14.3 Å². The number of esters is 1. The first-order valence-electron chi connectivity index (χ1n) is 7.13. The summed E-state index contributed by atoms with van der Waals surface area (Å²) in [6.45, 7) is 0. The van der Waals surface area contributed by atoms with Crippen molar-refractivity contribution >= 4 is 17.6 Å². The molecular weight excluding hydrogens is 287 g/mol. The molecule has 0 saturated carbocycles. The van der Waals surface area contributed by atoms with Gasteiger partial charge in [-0.1, -0.05) is 18.9 Å². The number of hydrogen-bond acceptors (Lipinski definition) is 4. The Morgan fingerprint density at radius 1 is 1.23 bits per heavy atom. The second-order valence-electron chi connectivity index (χ2n) is 4.81. The number of methoxy groups -OCH3 is 1. The Balaban J connectivity index is 2.30. The van der Waals surface area contributed by atoms with Crippen LogP contribution >= 0.6 is 0 Å². The van der Waals surface area contributed by atoms with Crippen LogP contribution in [0.3, 0.4) is 0 Å². The second kappa shape index (κ2) is 9.50. The van der Waals surface area contributed by atoms with E-state index in [0.717, 1.165) is 19.3 Å². The molecular formula is C16H19FN2O3. The lowest BCUT2D eigenvalue weighted by Gasteiger charge is -2.08. The number of rotatable bonds is 8. The first kappa shape index (κ1) is 17.6. The molecule has 1 aromatic rings. The van der Waals surface area contributed by atoms with E-state index in [1.54, 1.807) is 0 Å². The zero-order valence-electron chi connectivity index (χ0n) is 12.5. The van der Waals surface area contributed by atoms with Gasteiger partial charge in [0, 0.05) is 12.8 Å². The van der Waals surface area contributed by atoms with Crippen molar-refractivity contribution in [3.8, 4) is 6.07 Å². The van der Waals surface area contributed by atoms with E-state index < -0.39 is 5.82 Å². The number of nitrogens with one attached hydrogen (secondary N) is 1. The van der Waals surface area contributed by atoms with Gasteiger partial charge >= 0.3 is 5.97 Å². The van der Waals surface area contributed by atoms with Crippen LogP contribution in [0.5, 0.6) is 0 Å². The van der Waals surface area contributed by atoms with E-state index in [4.69, 9.17) is 5.26 Å². The van der Waals surface area contributed by atoms with E-state index in [0.29, 0.717) is 12.8 Å². The second-order valence-corrected chi connectivity index (χ2v) is 4.81. The minimum Gasteiger partial charge on any atom is -0.469 e. The Morgan fingerprint density at radius 3 is 2.55 bits per heavy atom. The third-order valence-electron chi connectivity index (χ3n) is 3.16. The van der Waals surface area contributed by atoms with Crippen molar-refractivity contribution in [2.75, 3.05) is 12.4 Å². The number of carbonyl (C=O) groups excluding carboxylic acids is 2. The average molecular weight is 306 g/mol. The van der Waals surface area contributed by atoms with Crippen molar-refractivity contribution in [1.82, 2.24) is 0 Å². The lowest BCUT2D eigenvalue weighted by atomic mass is 10.1. The maximum Gasteiger partial charge on any atom is 0.305 e. The smallest absolute Gasteiger partial charge is 0.305 e. The standard InChI is InChI=1S/C16H19FN2O3/c1-22-15(21)10-5-3-2-4-9-14(20)19-16-12(11-18)7-6-8-13(16)17/h6-8H,2-5,9-10H2,1H3,(H,19,20). The van der Waals surface area contributed by atoms with Crippen LogP contribution in [0.2, 0.25) is 0 Å². The van der Waals surface area contributed by atoms with Crippen molar-refractivity contribution in [1.29, 1.82) is 5.26 Å². The quantitative estimate of drug-likeness (QED) is 0.591. The van der Waals surface area contributed by atoms with Crippen LogP contribution in [0.15, 0.2) is 18.2 Å². The van der Waals surface area contributed by atoms with E-state index >= 15 is 0 Å². The number of unbranched alkanes of at least 4 members (excludes halogenated alkanes) is 3. The first-order valence-corrected chi connectivity index (χ1v) is 7.13. The molecule has 5 nitrogen and oxygen atoms in total. The Kier molecular flexibility index (Phi) is 7.62. The van der Waals surface area contributed by atoms with Gasteiger partial charge in [0.1, 0.15) is 11.9 Å². The summed E-state index contributed by atoms with van der Waals surface area (Å²) < 4.78 is 18.1. The van der Waals surface area contributed by atoms with Gasteiger partial charge in [-0.25, -0.2) is 4.39 Å².